The number of hydrogen-bond donors (Lipinski definition) is 2. The van der Waals surface area contributed by atoms with Crippen LogP contribution >= 0.6 is 0 Å². The fourth-order valence-electron chi connectivity index (χ4n) is 3.12. The summed E-state index contributed by atoms with van der Waals surface area (Å²) in [5, 5.41) is 11.3. The number of anilines is 1. The molecule has 1 heterocycles. The summed E-state index contributed by atoms with van der Waals surface area (Å²) in [4.78, 5) is 12.7. The fourth-order valence-corrected chi connectivity index (χ4v) is 4.15. The Morgan fingerprint density at radius 3 is 2.65 bits per heavy atom. The number of sulfonamides is 1. The van der Waals surface area contributed by atoms with Gasteiger partial charge in [-0.15, -0.1) is 0 Å². The molecule has 2 aromatic carbocycles. The summed E-state index contributed by atoms with van der Waals surface area (Å²) < 4.78 is 38.2. The van der Waals surface area contributed by atoms with Gasteiger partial charge < -0.3 is 14.8 Å². The lowest BCUT2D eigenvalue weighted by Crippen LogP contribution is -2.26. The van der Waals surface area contributed by atoms with Crippen molar-refractivity contribution in [2.75, 3.05) is 25.1 Å². The molecule has 1 aliphatic rings. The Balaban J connectivity index is 1.63. The maximum absolute atomic E-state index is 12.7. The van der Waals surface area contributed by atoms with Crippen molar-refractivity contribution in [1.82, 2.24) is 4.72 Å². The highest BCUT2D eigenvalue weighted by molar-refractivity contribution is 7.89. The van der Waals surface area contributed by atoms with Crippen LogP contribution in [0.3, 0.4) is 0 Å². The molecule has 1 aliphatic heterocycles. The molecule has 8 nitrogen and oxygen atoms in total. The number of nitrogens with zero attached hydrogens (tertiary/aromatic N) is 1. The van der Waals surface area contributed by atoms with Crippen LogP contribution in [0.4, 0.5) is 5.69 Å². The second-order valence-electron chi connectivity index (χ2n) is 7.08. The third kappa shape index (κ3) is 6.52. The van der Waals surface area contributed by atoms with Gasteiger partial charge in [-0.25, -0.2) is 13.1 Å². The van der Waals surface area contributed by atoms with Crippen molar-refractivity contribution in [3.8, 4) is 11.8 Å². The highest BCUT2D eigenvalue weighted by Crippen LogP contribution is 2.26. The summed E-state index contributed by atoms with van der Waals surface area (Å²) in [6.45, 7) is 1.19. The van der Waals surface area contributed by atoms with Crippen molar-refractivity contribution in [2.45, 2.75) is 36.7 Å². The van der Waals surface area contributed by atoms with E-state index in [0.717, 1.165) is 25.9 Å². The lowest BCUT2D eigenvalue weighted by Gasteiger charge is -2.23. The van der Waals surface area contributed by atoms with Crippen molar-refractivity contribution < 1.29 is 22.7 Å². The predicted molar refractivity (Wildman–Crippen MR) is 115 cm³/mol. The monoisotopic (exact) mass is 443 g/mol. The van der Waals surface area contributed by atoms with E-state index in [0.29, 0.717) is 23.6 Å². The van der Waals surface area contributed by atoms with Gasteiger partial charge in [0.1, 0.15) is 12.4 Å². The number of ether oxygens (including phenoxy) is 2. The molecule has 1 unspecified atom stereocenters. The molecule has 0 saturated carbocycles. The Hall–Kier alpha value is -2.93. The van der Waals surface area contributed by atoms with Gasteiger partial charge >= 0.3 is 0 Å². The zero-order chi connectivity index (χ0) is 22.1. The third-order valence-electron chi connectivity index (χ3n) is 4.79. The smallest absolute Gasteiger partial charge is 0.255 e. The van der Waals surface area contributed by atoms with Gasteiger partial charge in [-0.05, 0) is 55.7 Å². The largest absolute Gasteiger partial charge is 0.489 e. The first-order valence-electron chi connectivity index (χ1n) is 10.1. The molecular weight excluding hydrogens is 418 g/mol. The molecule has 3 rings (SSSR count). The van der Waals surface area contributed by atoms with E-state index in [1.54, 1.807) is 18.2 Å². The number of nitriles is 1. The molecule has 0 spiro atoms. The number of para-hydroxylation sites is 2. The molecule has 9 heteroatoms. The Morgan fingerprint density at radius 1 is 1.16 bits per heavy atom. The van der Waals surface area contributed by atoms with Gasteiger partial charge in [-0.1, -0.05) is 12.1 Å². The van der Waals surface area contributed by atoms with E-state index < -0.39 is 10.0 Å². The van der Waals surface area contributed by atoms with Gasteiger partial charge in [0.2, 0.25) is 10.0 Å². The zero-order valence-electron chi connectivity index (χ0n) is 17.0. The molecule has 31 heavy (non-hydrogen) atoms. The molecule has 1 fully saturated rings. The number of rotatable bonds is 9. The van der Waals surface area contributed by atoms with E-state index in [4.69, 9.17) is 14.7 Å². The zero-order valence-corrected chi connectivity index (χ0v) is 17.9. The summed E-state index contributed by atoms with van der Waals surface area (Å²) in [5.74, 6) is 0.164. The summed E-state index contributed by atoms with van der Waals surface area (Å²) in [5.41, 5.74) is 0.833. The number of carbonyl (C=O) groups excluding carboxylic acids is 1. The van der Waals surface area contributed by atoms with Gasteiger partial charge in [0.25, 0.3) is 5.91 Å². The summed E-state index contributed by atoms with van der Waals surface area (Å²) >= 11 is 0. The number of amides is 1. The molecule has 1 amide bonds. The molecule has 0 aromatic heterocycles. The first-order chi connectivity index (χ1) is 15.0. The molecule has 2 aromatic rings. The maximum atomic E-state index is 12.7. The number of carbonyl (C=O) groups is 1. The van der Waals surface area contributed by atoms with Crippen molar-refractivity contribution in [1.29, 1.82) is 5.26 Å². The first-order valence-corrected chi connectivity index (χ1v) is 11.6. The lowest BCUT2D eigenvalue weighted by atomic mass is 10.1. The van der Waals surface area contributed by atoms with Gasteiger partial charge in [0.15, 0.2) is 0 Å². The van der Waals surface area contributed by atoms with Crippen LogP contribution < -0.4 is 14.8 Å². The number of nitrogens with one attached hydrogen (secondary N) is 2. The van der Waals surface area contributed by atoms with Gasteiger partial charge in [0.05, 0.1) is 22.8 Å². The van der Waals surface area contributed by atoms with Crippen LogP contribution in [-0.4, -0.2) is 40.2 Å². The van der Waals surface area contributed by atoms with Crippen LogP contribution in [0.15, 0.2) is 53.4 Å². The van der Waals surface area contributed by atoms with Crippen molar-refractivity contribution in [2.24, 2.45) is 0 Å². The Bertz CT molecular complexity index is 1030. The minimum atomic E-state index is -3.72. The van der Waals surface area contributed by atoms with Gasteiger partial charge in [-0.3, -0.25) is 4.79 Å². The van der Waals surface area contributed by atoms with Crippen molar-refractivity contribution >= 4 is 21.6 Å². The SMILES string of the molecule is N#CCCNS(=O)(=O)c1ccc(C(=O)Nc2ccccc2OCC2CCCCO2)cc1. The van der Waals surface area contributed by atoms with Crippen molar-refractivity contribution in [3.05, 3.63) is 54.1 Å². The topological polar surface area (TPSA) is 118 Å². The highest BCUT2D eigenvalue weighted by atomic mass is 32.2. The average molecular weight is 444 g/mol. The highest BCUT2D eigenvalue weighted by Gasteiger charge is 2.17. The van der Waals surface area contributed by atoms with Crippen LogP contribution in [-0.2, 0) is 14.8 Å². The van der Waals surface area contributed by atoms with Crippen molar-refractivity contribution in [3.63, 3.8) is 0 Å². The van der Waals surface area contributed by atoms with Crippen LogP contribution in [0.25, 0.3) is 0 Å². The summed E-state index contributed by atoms with van der Waals surface area (Å²) in [7, 11) is -3.72. The Kier molecular flexibility index (Phi) is 8.00. The molecule has 1 atom stereocenters. The molecule has 164 valence electrons. The second-order valence-corrected chi connectivity index (χ2v) is 8.85. The second kappa shape index (κ2) is 10.9. The van der Waals surface area contributed by atoms with E-state index in [9.17, 15) is 13.2 Å². The molecule has 0 bridgehead atoms. The lowest BCUT2D eigenvalue weighted by molar-refractivity contribution is -0.0109. The Morgan fingerprint density at radius 2 is 1.94 bits per heavy atom. The standard InChI is InChI=1S/C22H25N3O5S/c23-13-5-14-24-31(27,28)19-11-9-17(10-12-19)22(26)25-20-7-1-2-8-21(20)30-16-18-6-3-4-15-29-18/h1-2,7-12,18,24H,3-6,14-16H2,(H,25,26). The van der Waals surface area contributed by atoms with Crippen LogP contribution in [0.5, 0.6) is 5.75 Å². The third-order valence-corrected chi connectivity index (χ3v) is 6.27. The van der Waals surface area contributed by atoms with Gasteiger partial charge in [0, 0.05) is 25.1 Å². The normalized spacial score (nSPS) is 16.3. The van der Waals surface area contributed by atoms with E-state index >= 15 is 0 Å². The van der Waals surface area contributed by atoms with E-state index in [2.05, 4.69) is 10.0 Å². The van der Waals surface area contributed by atoms with Crippen LogP contribution in [0.1, 0.15) is 36.0 Å². The van der Waals surface area contributed by atoms with E-state index in [-0.39, 0.29) is 29.9 Å². The quantitative estimate of drug-likeness (QED) is 0.575. The van der Waals surface area contributed by atoms with E-state index in [1.807, 2.05) is 12.1 Å². The summed E-state index contributed by atoms with van der Waals surface area (Å²) in [6.07, 6.45) is 3.27. The molecule has 2 N–H and O–H groups in total. The average Bonchev–Trinajstić information content (AvgIpc) is 2.79. The minimum absolute atomic E-state index is 0.0261. The molecular formula is C22H25N3O5S. The van der Waals surface area contributed by atoms with Crippen LogP contribution in [0, 0.1) is 11.3 Å². The fraction of sp³-hybridized carbons (Fsp3) is 0.364. The number of hydrogen-bond acceptors (Lipinski definition) is 6. The van der Waals surface area contributed by atoms with E-state index in [1.165, 1.54) is 24.3 Å². The maximum Gasteiger partial charge on any atom is 0.255 e. The van der Waals surface area contributed by atoms with Crippen LogP contribution in [0.2, 0.25) is 0 Å². The minimum Gasteiger partial charge on any atom is -0.489 e. The Labute approximate surface area is 182 Å². The molecule has 0 radical (unpaired) electrons. The predicted octanol–water partition coefficient (Wildman–Crippen LogP) is 3.08. The molecule has 1 saturated heterocycles. The summed E-state index contributed by atoms with van der Waals surface area (Å²) in [6, 6.07) is 14.6. The first kappa shape index (κ1) is 22.7. The van der Waals surface area contributed by atoms with Gasteiger partial charge in [-0.2, -0.15) is 5.26 Å². The molecule has 0 aliphatic carbocycles. The number of benzene rings is 2.